The normalized spacial score (nSPS) is 13.7. The van der Waals surface area contributed by atoms with Crippen LogP contribution in [0.4, 0.5) is 5.69 Å². The number of nitrogens with zero attached hydrogens (tertiary/aromatic N) is 3. The van der Waals surface area contributed by atoms with Crippen molar-refractivity contribution >= 4 is 23.2 Å². The first-order chi connectivity index (χ1) is 12.7. The summed E-state index contributed by atoms with van der Waals surface area (Å²) in [6.07, 6.45) is 4.49. The summed E-state index contributed by atoms with van der Waals surface area (Å²) in [4.78, 5) is 12.4. The summed E-state index contributed by atoms with van der Waals surface area (Å²) < 4.78 is 2.20. The average Bonchev–Trinajstić information content (AvgIpc) is 2.90. The van der Waals surface area contributed by atoms with Gasteiger partial charge < -0.3 is 9.88 Å². The van der Waals surface area contributed by atoms with E-state index >= 15 is 0 Å². The Balaban J connectivity index is 1.59. The molecule has 5 nitrogen and oxygen atoms in total. The van der Waals surface area contributed by atoms with Crippen molar-refractivity contribution in [3.05, 3.63) is 64.9 Å². The molecule has 0 atom stereocenters. The van der Waals surface area contributed by atoms with E-state index in [-0.39, 0.29) is 5.91 Å². The zero-order valence-corrected chi connectivity index (χ0v) is 15.0. The first-order valence-electron chi connectivity index (χ1n) is 8.80. The predicted octanol–water partition coefficient (Wildman–Crippen LogP) is 4.58. The number of carbonyl (C=O) groups excluding carboxylic acids is 1. The summed E-state index contributed by atoms with van der Waals surface area (Å²) in [5.41, 5.74) is 2.20. The maximum Gasteiger partial charge on any atom is 0.255 e. The quantitative estimate of drug-likeness (QED) is 0.738. The molecule has 1 N–H and O–H groups in total. The van der Waals surface area contributed by atoms with Crippen LogP contribution in [0.3, 0.4) is 0 Å². The number of halogens is 1. The number of rotatable bonds is 3. The molecule has 2 heterocycles. The second kappa shape index (κ2) is 7.30. The van der Waals surface area contributed by atoms with Crippen LogP contribution in [0.25, 0.3) is 11.4 Å². The Morgan fingerprint density at radius 3 is 2.81 bits per heavy atom. The van der Waals surface area contributed by atoms with Gasteiger partial charge in [0.05, 0.1) is 0 Å². The third-order valence-corrected chi connectivity index (χ3v) is 4.81. The fraction of sp³-hybridized carbons (Fsp3) is 0.250. The van der Waals surface area contributed by atoms with Gasteiger partial charge in [0.2, 0.25) is 0 Å². The highest BCUT2D eigenvalue weighted by Crippen LogP contribution is 2.25. The first-order valence-corrected chi connectivity index (χ1v) is 9.18. The van der Waals surface area contributed by atoms with Crippen molar-refractivity contribution in [2.24, 2.45) is 0 Å². The lowest BCUT2D eigenvalue weighted by Crippen LogP contribution is -2.11. The summed E-state index contributed by atoms with van der Waals surface area (Å²) >= 11 is 5.97. The summed E-state index contributed by atoms with van der Waals surface area (Å²) in [7, 11) is 0. The van der Waals surface area contributed by atoms with Gasteiger partial charge in [-0.2, -0.15) is 0 Å². The van der Waals surface area contributed by atoms with Crippen molar-refractivity contribution in [3.63, 3.8) is 0 Å². The van der Waals surface area contributed by atoms with Crippen LogP contribution in [0.5, 0.6) is 0 Å². The molecule has 0 unspecified atom stereocenters. The number of benzene rings is 2. The molecule has 6 heteroatoms. The van der Waals surface area contributed by atoms with Crippen LogP contribution in [-0.2, 0) is 13.0 Å². The van der Waals surface area contributed by atoms with E-state index in [2.05, 4.69) is 20.1 Å². The minimum atomic E-state index is -0.190. The van der Waals surface area contributed by atoms with Gasteiger partial charge in [0.15, 0.2) is 5.82 Å². The first kappa shape index (κ1) is 16.8. The Morgan fingerprint density at radius 1 is 1.04 bits per heavy atom. The molecule has 0 fully saturated rings. The topological polar surface area (TPSA) is 59.8 Å². The molecule has 0 radical (unpaired) electrons. The van der Waals surface area contributed by atoms with Crippen LogP contribution in [0, 0.1) is 0 Å². The van der Waals surface area contributed by atoms with Crippen molar-refractivity contribution in [1.82, 2.24) is 14.8 Å². The Labute approximate surface area is 157 Å². The highest BCUT2D eigenvalue weighted by atomic mass is 35.5. The molecule has 0 saturated heterocycles. The second-order valence-corrected chi connectivity index (χ2v) is 6.88. The van der Waals surface area contributed by atoms with Gasteiger partial charge in [-0.1, -0.05) is 36.2 Å². The molecule has 1 aliphatic rings. The molecule has 1 aliphatic heterocycles. The summed E-state index contributed by atoms with van der Waals surface area (Å²) in [5.74, 6) is 1.72. The second-order valence-electron chi connectivity index (χ2n) is 6.45. The Bertz CT molecular complexity index is 950. The van der Waals surface area contributed by atoms with Crippen LogP contribution < -0.4 is 5.32 Å². The van der Waals surface area contributed by atoms with E-state index in [4.69, 9.17) is 11.6 Å². The number of nitrogens with one attached hydrogen (secondary N) is 1. The van der Waals surface area contributed by atoms with E-state index in [0.717, 1.165) is 48.7 Å². The fourth-order valence-corrected chi connectivity index (χ4v) is 3.46. The van der Waals surface area contributed by atoms with E-state index in [1.165, 1.54) is 6.42 Å². The summed E-state index contributed by atoms with van der Waals surface area (Å²) in [6, 6.07) is 14.6. The predicted molar refractivity (Wildman–Crippen MR) is 102 cm³/mol. The SMILES string of the molecule is O=C(Nc1cccc(-c2nnc3n2CCCCC3)c1)c1cccc(Cl)c1. The number of fused-ring (bicyclic) bond motifs is 1. The van der Waals surface area contributed by atoms with Gasteiger partial charge in [-0.3, -0.25) is 4.79 Å². The lowest BCUT2D eigenvalue weighted by atomic mass is 10.1. The number of aryl methyl sites for hydroxylation is 1. The van der Waals surface area contributed by atoms with Gasteiger partial charge in [-0.15, -0.1) is 10.2 Å². The number of hydrogen-bond donors (Lipinski definition) is 1. The smallest absolute Gasteiger partial charge is 0.255 e. The van der Waals surface area contributed by atoms with Gasteiger partial charge in [-0.25, -0.2) is 0 Å². The maximum atomic E-state index is 12.4. The molecule has 26 heavy (non-hydrogen) atoms. The van der Waals surface area contributed by atoms with Gasteiger partial charge >= 0.3 is 0 Å². The molecule has 0 saturated carbocycles. The molecule has 0 aliphatic carbocycles. The van der Waals surface area contributed by atoms with E-state index in [1.807, 2.05) is 24.3 Å². The maximum absolute atomic E-state index is 12.4. The Hall–Kier alpha value is -2.66. The van der Waals surface area contributed by atoms with Crippen molar-refractivity contribution < 1.29 is 4.79 Å². The van der Waals surface area contributed by atoms with Crippen molar-refractivity contribution in [3.8, 4) is 11.4 Å². The van der Waals surface area contributed by atoms with Gasteiger partial charge in [0, 0.05) is 34.8 Å². The van der Waals surface area contributed by atoms with Crippen LogP contribution in [0.1, 0.15) is 35.4 Å². The number of carbonyl (C=O) groups is 1. The van der Waals surface area contributed by atoms with Crippen LogP contribution in [0.2, 0.25) is 5.02 Å². The van der Waals surface area contributed by atoms with E-state index in [9.17, 15) is 4.79 Å². The zero-order valence-electron chi connectivity index (χ0n) is 14.3. The summed E-state index contributed by atoms with van der Waals surface area (Å²) in [6.45, 7) is 0.941. The third kappa shape index (κ3) is 3.48. The highest BCUT2D eigenvalue weighted by Gasteiger charge is 2.16. The number of anilines is 1. The van der Waals surface area contributed by atoms with E-state index < -0.39 is 0 Å². The number of aromatic nitrogens is 3. The van der Waals surface area contributed by atoms with Gasteiger partial charge in [0.1, 0.15) is 5.82 Å². The molecule has 0 spiro atoms. The molecule has 1 amide bonds. The molecule has 4 rings (SSSR count). The summed E-state index contributed by atoms with van der Waals surface area (Å²) in [5, 5.41) is 12.2. The van der Waals surface area contributed by atoms with E-state index in [1.54, 1.807) is 24.3 Å². The molecule has 132 valence electrons. The minimum Gasteiger partial charge on any atom is -0.322 e. The standard InChI is InChI=1S/C20H19ClN4O/c21-16-8-4-7-15(12-16)20(26)22-17-9-5-6-14(13-17)19-24-23-18-10-2-1-3-11-25(18)19/h4-9,12-13H,1-3,10-11H2,(H,22,26). The van der Waals surface area contributed by atoms with Gasteiger partial charge in [0.25, 0.3) is 5.91 Å². The van der Waals surface area contributed by atoms with Crippen molar-refractivity contribution in [2.45, 2.75) is 32.2 Å². The molecular formula is C20H19ClN4O. The largest absolute Gasteiger partial charge is 0.322 e. The Morgan fingerprint density at radius 2 is 1.92 bits per heavy atom. The third-order valence-electron chi connectivity index (χ3n) is 4.57. The highest BCUT2D eigenvalue weighted by molar-refractivity contribution is 6.31. The lowest BCUT2D eigenvalue weighted by Gasteiger charge is -2.09. The molecule has 1 aromatic heterocycles. The minimum absolute atomic E-state index is 0.190. The van der Waals surface area contributed by atoms with Gasteiger partial charge in [-0.05, 0) is 43.2 Å². The van der Waals surface area contributed by atoms with Crippen LogP contribution >= 0.6 is 11.6 Å². The van der Waals surface area contributed by atoms with Crippen LogP contribution in [-0.4, -0.2) is 20.7 Å². The molecule has 3 aromatic rings. The average molecular weight is 367 g/mol. The fourth-order valence-electron chi connectivity index (χ4n) is 3.27. The zero-order chi connectivity index (χ0) is 17.9. The van der Waals surface area contributed by atoms with Crippen LogP contribution in [0.15, 0.2) is 48.5 Å². The molecule has 2 aromatic carbocycles. The monoisotopic (exact) mass is 366 g/mol. The molecule has 0 bridgehead atoms. The Kier molecular flexibility index (Phi) is 4.71. The lowest BCUT2D eigenvalue weighted by molar-refractivity contribution is 0.102. The van der Waals surface area contributed by atoms with E-state index in [0.29, 0.717) is 10.6 Å². The number of amides is 1. The number of hydrogen-bond acceptors (Lipinski definition) is 3. The molecular weight excluding hydrogens is 348 g/mol. The van der Waals surface area contributed by atoms with Crippen molar-refractivity contribution in [1.29, 1.82) is 0 Å². The van der Waals surface area contributed by atoms with Crippen molar-refractivity contribution in [2.75, 3.05) is 5.32 Å².